The average Bonchev–Trinajstić information content (AvgIpc) is 3.01. The van der Waals surface area contributed by atoms with Crippen LogP contribution < -0.4 is 15.7 Å². The van der Waals surface area contributed by atoms with E-state index < -0.39 is 0 Å². The lowest BCUT2D eigenvalue weighted by Crippen LogP contribution is -2.27. The third-order valence-electron chi connectivity index (χ3n) is 4.94. The maximum atomic E-state index is 13.0. The first-order valence-electron chi connectivity index (χ1n) is 9.26. The summed E-state index contributed by atoms with van der Waals surface area (Å²) in [5.74, 6) is 0. The van der Waals surface area contributed by atoms with Crippen molar-refractivity contribution in [3.63, 3.8) is 0 Å². The lowest BCUT2D eigenvalue weighted by Gasteiger charge is -2.06. The number of benzene rings is 2. The van der Waals surface area contributed by atoms with Gasteiger partial charge in [0.2, 0.25) is 4.96 Å². The molecule has 0 N–H and O–H groups in total. The first-order chi connectivity index (χ1) is 13.6. The van der Waals surface area contributed by atoms with Gasteiger partial charge < -0.3 is 0 Å². The first kappa shape index (κ1) is 18.3. The van der Waals surface area contributed by atoms with Crippen LogP contribution in [0.25, 0.3) is 11.0 Å². The van der Waals surface area contributed by atoms with Gasteiger partial charge in [-0.1, -0.05) is 72.9 Å². The highest BCUT2D eigenvalue weighted by Crippen LogP contribution is 2.12. The van der Waals surface area contributed by atoms with Crippen molar-refractivity contribution >= 4 is 22.4 Å². The molecule has 0 aliphatic heterocycles. The maximum Gasteiger partial charge on any atom is 0.277 e. The Labute approximate surface area is 166 Å². The van der Waals surface area contributed by atoms with Gasteiger partial charge >= 0.3 is 0 Å². The molecule has 0 spiro atoms. The molecule has 2 aromatic carbocycles. The summed E-state index contributed by atoms with van der Waals surface area (Å²) in [5.41, 5.74) is 4.09. The molecule has 4 nitrogen and oxygen atoms in total. The molecule has 0 fully saturated rings. The zero-order valence-corrected chi connectivity index (χ0v) is 16.6. The van der Waals surface area contributed by atoms with E-state index in [2.05, 4.69) is 24.0 Å². The van der Waals surface area contributed by atoms with Crippen molar-refractivity contribution in [3.05, 3.63) is 108 Å². The summed E-state index contributed by atoms with van der Waals surface area (Å²) in [6.07, 6.45) is 3.31. The molecule has 0 saturated heterocycles. The number of thiazole rings is 1. The van der Waals surface area contributed by atoms with Gasteiger partial charge in [-0.05, 0) is 36.1 Å². The van der Waals surface area contributed by atoms with E-state index in [0.29, 0.717) is 27.2 Å². The molecule has 0 atom stereocenters. The molecule has 140 valence electrons. The molecular formula is C23H20N2O2S. The van der Waals surface area contributed by atoms with E-state index in [0.717, 1.165) is 17.5 Å². The van der Waals surface area contributed by atoms with E-state index in [1.165, 1.54) is 16.9 Å². The number of rotatable bonds is 4. The van der Waals surface area contributed by atoms with E-state index in [-0.39, 0.29) is 11.1 Å². The molecule has 0 aliphatic rings. The zero-order chi connectivity index (χ0) is 19.7. The van der Waals surface area contributed by atoms with E-state index in [9.17, 15) is 9.59 Å². The molecule has 0 radical (unpaired) electrons. The second-order valence-corrected chi connectivity index (χ2v) is 7.78. The molecule has 0 saturated carbocycles. The Hall–Kier alpha value is -3.05. The van der Waals surface area contributed by atoms with Crippen LogP contribution in [0, 0.1) is 6.92 Å². The summed E-state index contributed by atoms with van der Waals surface area (Å²) in [4.78, 5) is 30.2. The van der Waals surface area contributed by atoms with Crippen LogP contribution >= 0.6 is 11.3 Å². The van der Waals surface area contributed by atoms with Crippen molar-refractivity contribution in [1.29, 1.82) is 0 Å². The molecule has 0 bridgehead atoms. The summed E-state index contributed by atoms with van der Waals surface area (Å²) in [7, 11) is 0. The molecule has 0 aliphatic carbocycles. The number of fused-ring (bicyclic) bond motifs is 1. The standard InChI is InChI=1S/C23H20N2O2S/c1-3-16-9-11-18(12-10-16)14-20-22(27)25-15(2)19(21(26)24-23(25)28-20)13-17-7-5-4-6-8-17/h4-12,14H,3,13H2,1-2H3/b20-14+. The molecular weight excluding hydrogens is 368 g/mol. The Bertz CT molecular complexity index is 1300. The minimum Gasteiger partial charge on any atom is -0.267 e. The monoisotopic (exact) mass is 388 g/mol. The SMILES string of the molecule is CCc1ccc(/C=c2/sc3nc(=O)c(Cc4ccccc4)c(C)n3c2=O)cc1. The number of nitrogens with zero attached hydrogens (tertiary/aromatic N) is 2. The van der Waals surface area contributed by atoms with Gasteiger partial charge in [-0.15, -0.1) is 0 Å². The van der Waals surface area contributed by atoms with Crippen LogP contribution in [0.1, 0.15) is 34.9 Å². The highest BCUT2D eigenvalue weighted by molar-refractivity contribution is 7.15. The van der Waals surface area contributed by atoms with E-state index >= 15 is 0 Å². The topological polar surface area (TPSA) is 51.4 Å². The fraction of sp³-hybridized carbons (Fsp3) is 0.174. The van der Waals surface area contributed by atoms with E-state index in [1.807, 2.05) is 55.5 Å². The van der Waals surface area contributed by atoms with Crippen molar-refractivity contribution < 1.29 is 0 Å². The van der Waals surface area contributed by atoms with Crippen molar-refractivity contribution in [2.75, 3.05) is 0 Å². The van der Waals surface area contributed by atoms with Crippen molar-refractivity contribution in [2.45, 2.75) is 26.7 Å². The summed E-state index contributed by atoms with van der Waals surface area (Å²) in [6, 6.07) is 17.9. The van der Waals surface area contributed by atoms with Crippen molar-refractivity contribution in [2.24, 2.45) is 0 Å². The van der Waals surface area contributed by atoms with Gasteiger partial charge in [0, 0.05) is 17.7 Å². The molecule has 0 unspecified atom stereocenters. The quantitative estimate of drug-likeness (QED) is 0.540. The van der Waals surface area contributed by atoms with Gasteiger partial charge in [-0.3, -0.25) is 14.0 Å². The van der Waals surface area contributed by atoms with Crippen LogP contribution in [0.15, 0.2) is 64.2 Å². The lowest BCUT2D eigenvalue weighted by atomic mass is 10.1. The molecule has 0 amide bonds. The Morgan fingerprint density at radius 2 is 1.71 bits per heavy atom. The first-order valence-corrected chi connectivity index (χ1v) is 10.1. The van der Waals surface area contributed by atoms with E-state index in [4.69, 9.17) is 0 Å². The van der Waals surface area contributed by atoms with Gasteiger partial charge in [0.05, 0.1) is 4.53 Å². The minimum atomic E-state index is -0.263. The summed E-state index contributed by atoms with van der Waals surface area (Å²) in [5, 5.41) is 0. The Balaban J connectivity index is 1.85. The van der Waals surface area contributed by atoms with Gasteiger partial charge in [0.15, 0.2) is 0 Å². The summed E-state index contributed by atoms with van der Waals surface area (Å²) in [6.45, 7) is 3.93. The Morgan fingerprint density at radius 1 is 1.00 bits per heavy atom. The van der Waals surface area contributed by atoms with Crippen LogP contribution in [-0.4, -0.2) is 9.38 Å². The largest absolute Gasteiger partial charge is 0.277 e. The second-order valence-electron chi connectivity index (χ2n) is 6.77. The van der Waals surface area contributed by atoms with Crippen LogP contribution in [0.5, 0.6) is 0 Å². The van der Waals surface area contributed by atoms with Gasteiger partial charge in [-0.25, -0.2) is 0 Å². The van der Waals surface area contributed by atoms with Crippen molar-refractivity contribution in [1.82, 2.24) is 9.38 Å². The Kier molecular flexibility index (Phi) is 4.92. The molecule has 28 heavy (non-hydrogen) atoms. The predicted molar refractivity (Wildman–Crippen MR) is 114 cm³/mol. The number of aromatic nitrogens is 2. The minimum absolute atomic E-state index is 0.126. The summed E-state index contributed by atoms with van der Waals surface area (Å²) < 4.78 is 2.15. The van der Waals surface area contributed by atoms with Gasteiger partial charge in [-0.2, -0.15) is 4.98 Å². The number of aryl methyl sites for hydroxylation is 2. The fourth-order valence-electron chi connectivity index (χ4n) is 3.29. The Morgan fingerprint density at radius 3 is 2.39 bits per heavy atom. The number of hydrogen-bond donors (Lipinski definition) is 0. The van der Waals surface area contributed by atoms with Gasteiger partial charge in [0.1, 0.15) is 0 Å². The fourth-order valence-corrected chi connectivity index (χ4v) is 4.30. The smallest absolute Gasteiger partial charge is 0.267 e. The van der Waals surface area contributed by atoms with Crippen LogP contribution in [-0.2, 0) is 12.8 Å². The molecule has 2 aromatic heterocycles. The average molecular weight is 388 g/mol. The molecule has 4 aromatic rings. The van der Waals surface area contributed by atoms with E-state index in [1.54, 1.807) is 4.40 Å². The predicted octanol–water partition coefficient (Wildman–Crippen LogP) is 3.13. The van der Waals surface area contributed by atoms with Crippen LogP contribution in [0.3, 0.4) is 0 Å². The third-order valence-corrected chi connectivity index (χ3v) is 5.91. The van der Waals surface area contributed by atoms with Crippen molar-refractivity contribution in [3.8, 4) is 0 Å². The zero-order valence-electron chi connectivity index (χ0n) is 15.8. The summed E-state index contributed by atoms with van der Waals surface area (Å²) >= 11 is 1.26. The highest BCUT2D eigenvalue weighted by Gasteiger charge is 2.14. The third kappa shape index (κ3) is 3.41. The second kappa shape index (κ2) is 7.52. The maximum absolute atomic E-state index is 13.0. The van der Waals surface area contributed by atoms with Crippen LogP contribution in [0.4, 0.5) is 0 Å². The molecule has 5 heteroatoms. The highest BCUT2D eigenvalue weighted by atomic mass is 32.1. The lowest BCUT2D eigenvalue weighted by molar-refractivity contribution is 0.940. The number of hydrogen-bond acceptors (Lipinski definition) is 4. The van der Waals surface area contributed by atoms with Gasteiger partial charge in [0.25, 0.3) is 11.1 Å². The molecule has 4 rings (SSSR count). The normalized spacial score (nSPS) is 12.0. The van der Waals surface area contributed by atoms with Crippen LogP contribution in [0.2, 0.25) is 0 Å². The molecule has 2 heterocycles.